The Kier molecular flexibility index (Phi) is 2.68. The van der Waals surface area contributed by atoms with Crippen LogP contribution in [-0.4, -0.2) is 19.9 Å². The highest BCUT2D eigenvalue weighted by Gasteiger charge is 2.08. The number of nitrogens with zero attached hydrogens (tertiary/aromatic N) is 2. The highest BCUT2D eigenvalue weighted by Crippen LogP contribution is 2.24. The molecule has 0 saturated heterocycles. The number of hydrogen-bond donors (Lipinski definition) is 2. The molecule has 0 aliphatic carbocycles. The Balaban J connectivity index is 2.11. The van der Waals surface area contributed by atoms with Crippen LogP contribution in [0.4, 0.5) is 0 Å². The summed E-state index contributed by atoms with van der Waals surface area (Å²) >= 11 is 1.61. The summed E-state index contributed by atoms with van der Waals surface area (Å²) in [5.74, 6) is -0.711. The van der Waals surface area contributed by atoms with Gasteiger partial charge < -0.3 is 5.11 Å². The number of hydrogen-bond acceptors (Lipinski definition) is 5. The topological polar surface area (TPSA) is 88.0 Å². The first kappa shape index (κ1) is 11.7. The Morgan fingerprint density at radius 3 is 3.00 bits per heavy atom. The predicted octanol–water partition coefficient (Wildman–Crippen LogP) is 0.900. The Bertz CT molecular complexity index is 862. The van der Waals surface area contributed by atoms with Crippen molar-refractivity contribution in [3.8, 4) is 5.88 Å². The number of benzene rings is 1. The van der Waals surface area contributed by atoms with E-state index < -0.39 is 17.1 Å². The van der Waals surface area contributed by atoms with Crippen LogP contribution in [0.3, 0.4) is 0 Å². The number of H-pyrrole nitrogens is 1. The molecule has 1 aromatic carbocycles. The molecule has 3 aromatic rings. The molecular formula is C12H9N3O3S. The van der Waals surface area contributed by atoms with Crippen LogP contribution < -0.4 is 11.2 Å². The number of aromatic nitrogens is 3. The fourth-order valence-corrected chi connectivity index (χ4v) is 2.72. The van der Waals surface area contributed by atoms with E-state index in [0.29, 0.717) is 0 Å². The van der Waals surface area contributed by atoms with Crippen LogP contribution in [0.15, 0.2) is 39.2 Å². The summed E-state index contributed by atoms with van der Waals surface area (Å²) in [5, 5.41) is 15.8. The van der Waals surface area contributed by atoms with Crippen molar-refractivity contribution >= 4 is 21.4 Å². The van der Waals surface area contributed by atoms with E-state index >= 15 is 0 Å². The number of aromatic amines is 1. The van der Waals surface area contributed by atoms with Crippen LogP contribution in [0.1, 0.15) is 5.56 Å². The van der Waals surface area contributed by atoms with Gasteiger partial charge in [-0.1, -0.05) is 12.1 Å². The second-order valence-electron chi connectivity index (χ2n) is 3.99. The number of aromatic hydroxyl groups is 1. The second-order valence-corrected chi connectivity index (χ2v) is 4.94. The Hall–Kier alpha value is -2.41. The van der Waals surface area contributed by atoms with Gasteiger partial charge in [0.2, 0.25) is 0 Å². The van der Waals surface area contributed by atoms with Crippen molar-refractivity contribution in [2.75, 3.05) is 0 Å². The third-order valence-corrected chi connectivity index (χ3v) is 3.66. The first-order valence-corrected chi connectivity index (χ1v) is 6.38. The van der Waals surface area contributed by atoms with Gasteiger partial charge in [-0.3, -0.25) is 9.78 Å². The molecule has 0 aliphatic heterocycles. The van der Waals surface area contributed by atoms with Crippen LogP contribution in [-0.2, 0) is 6.54 Å². The van der Waals surface area contributed by atoms with Crippen LogP contribution in [0, 0.1) is 0 Å². The molecule has 0 aliphatic rings. The minimum atomic E-state index is -0.880. The molecule has 0 unspecified atom stereocenters. The predicted molar refractivity (Wildman–Crippen MR) is 71.7 cm³/mol. The Morgan fingerprint density at radius 1 is 1.32 bits per heavy atom. The van der Waals surface area contributed by atoms with E-state index in [-0.39, 0.29) is 6.54 Å². The van der Waals surface area contributed by atoms with E-state index in [2.05, 4.69) is 5.10 Å². The number of fused-ring (bicyclic) bond motifs is 1. The zero-order valence-electron chi connectivity index (χ0n) is 9.66. The van der Waals surface area contributed by atoms with Gasteiger partial charge in [-0.05, 0) is 28.5 Å². The molecule has 0 atom stereocenters. The molecule has 3 rings (SSSR count). The molecule has 2 heterocycles. The lowest BCUT2D eigenvalue weighted by Gasteiger charge is -2.05. The van der Waals surface area contributed by atoms with Gasteiger partial charge in [0.05, 0.1) is 6.54 Å². The van der Waals surface area contributed by atoms with Crippen LogP contribution in [0.5, 0.6) is 5.88 Å². The van der Waals surface area contributed by atoms with Gasteiger partial charge in [-0.15, -0.1) is 16.4 Å². The molecule has 2 aromatic heterocycles. The highest BCUT2D eigenvalue weighted by atomic mass is 32.1. The van der Waals surface area contributed by atoms with Crippen LogP contribution in [0.25, 0.3) is 10.1 Å². The average molecular weight is 275 g/mol. The van der Waals surface area contributed by atoms with Crippen molar-refractivity contribution < 1.29 is 5.11 Å². The zero-order chi connectivity index (χ0) is 13.4. The zero-order valence-corrected chi connectivity index (χ0v) is 10.5. The molecule has 0 fully saturated rings. The Labute approximate surface area is 110 Å². The van der Waals surface area contributed by atoms with Gasteiger partial charge in [0, 0.05) is 4.70 Å². The quantitative estimate of drug-likeness (QED) is 0.727. The summed E-state index contributed by atoms with van der Waals surface area (Å²) in [6.45, 7) is 0.192. The van der Waals surface area contributed by atoms with Gasteiger partial charge in [-0.2, -0.15) is 0 Å². The fourth-order valence-electron chi connectivity index (χ4n) is 1.89. The maximum absolute atomic E-state index is 11.6. The van der Waals surface area contributed by atoms with Crippen LogP contribution >= 0.6 is 11.3 Å². The summed E-state index contributed by atoms with van der Waals surface area (Å²) in [4.78, 5) is 24.7. The molecular weight excluding hydrogens is 266 g/mol. The first-order chi connectivity index (χ1) is 9.15. The normalized spacial score (nSPS) is 10.9. The van der Waals surface area contributed by atoms with E-state index in [9.17, 15) is 14.7 Å². The highest BCUT2D eigenvalue weighted by molar-refractivity contribution is 7.17. The SMILES string of the molecule is O=c1[nH]c(=O)n(Cc2cccc3sccc23)nc1O. The standard InChI is InChI=1S/C12H9N3O3S/c16-10-11(17)14-15(12(18)13-10)6-7-2-1-3-9-8(7)4-5-19-9/h1-5H,6H2,(H,14,17)(H,13,16,18). The number of nitrogens with one attached hydrogen (secondary N) is 1. The summed E-state index contributed by atoms with van der Waals surface area (Å²) in [6.07, 6.45) is 0. The van der Waals surface area contributed by atoms with E-state index in [1.54, 1.807) is 11.3 Å². The maximum atomic E-state index is 11.6. The molecule has 0 saturated carbocycles. The average Bonchev–Trinajstić information content (AvgIpc) is 2.85. The molecule has 7 heteroatoms. The lowest BCUT2D eigenvalue weighted by atomic mass is 10.1. The summed E-state index contributed by atoms with van der Waals surface area (Å²) < 4.78 is 2.14. The van der Waals surface area contributed by atoms with E-state index in [0.717, 1.165) is 20.3 Å². The van der Waals surface area contributed by atoms with Gasteiger partial charge in [0.25, 0.3) is 5.88 Å². The first-order valence-electron chi connectivity index (χ1n) is 5.50. The van der Waals surface area contributed by atoms with Gasteiger partial charge in [0.1, 0.15) is 0 Å². The monoisotopic (exact) mass is 275 g/mol. The van der Waals surface area contributed by atoms with Crippen molar-refractivity contribution in [2.24, 2.45) is 0 Å². The van der Waals surface area contributed by atoms with Crippen molar-refractivity contribution in [2.45, 2.75) is 6.54 Å². The largest absolute Gasteiger partial charge is 0.488 e. The Morgan fingerprint density at radius 2 is 2.16 bits per heavy atom. The van der Waals surface area contributed by atoms with E-state index in [1.165, 1.54) is 0 Å². The lowest BCUT2D eigenvalue weighted by molar-refractivity contribution is 0.409. The van der Waals surface area contributed by atoms with Crippen molar-refractivity contribution in [3.05, 3.63) is 56.0 Å². The fraction of sp³-hybridized carbons (Fsp3) is 0.0833. The van der Waals surface area contributed by atoms with Crippen molar-refractivity contribution in [1.82, 2.24) is 14.8 Å². The molecule has 19 heavy (non-hydrogen) atoms. The molecule has 96 valence electrons. The van der Waals surface area contributed by atoms with Gasteiger partial charge >= 0.3 is 11.2 Å². The molecule has 2 N–H and O–H groups in total. The van der Waals surface area contributed by atoms with E-state index in [4.69, 9.17) is 0 Å². The minimum absolute atomic E-state index is 0.192. The van der Waals surface area contributed by atoms with E-state index in [1.807, 2.05) is 34.6 Å². The lowest BCUT2D eigenvalue weighted by Crippen LogP contribution is -2.32. The second kappa shape index (κ2) is 4.36. The molecule has 0 amide bonds. The summed E-state index contributed by atoms with van der Waals surface area (Å²) in [5.41, 5.74) is -0.621. The van der Waals surface area contributed by atoms with Crippen LogP contribution in [0.2, 0.25) is 0 Å². The molecule has 0 bridgehead atoms. The number of rotatable bonds is 2. The summed E-state index contributed by atoms with van der Waals surface area (Å²) in [7, 11) is 0. The third-order valence-electron chi connectivity index (χ3n) is 2.78. The number of thiophene rings is 1. The van der Waals surface area contributed by atoms with Crippen molar-refractivity contribution in [1.29, 1.82) is 0 Å². The summed E-state index contributed by atoms with van der Waals surface area (Å²) in [6, 6.07) is 7.73. The molecule has 0 radical (unpaired) electrons. The minimum Gasteiger partial charge on any atom is -0.488 e. The molecule has 6 nitrogen and oxygen atoms in total. The smallest absolute Gasteiger partial charge is 0.345 e. The van der Waals surface area contributed by atoms with Gasteiger partial charge in [-0.25, -0.2) is 9.48 Å². The van der Waals surface area contributed by atoms with Crippen molar-refractivity contribution in [3.63, 3.8) is 0 Å². The van der Waals surface area contributed by atoms with Gasteiger partial charge in [0.15, 0.2) is 0 Å². The maximum Gasteiger partial charge on any atom is 0.345 e. The third kappa shape index (κ3) is 2.04. The molecule has 0 spiro atoms.